The molecule has 2 aromatic rings. The van der Waals surface area contributed by atoms with Gasteiger partial charge in [-0.1, -0.05) is 0 Å². The number of alkyl halides is 6. The topological polar surface area (TPSA) is 0 Å². The second kappa shape index (κ2) is 4.56. The summed E-state index contributed by atoms with van der Waals surface area (Å²) in [6, 6.07) is 2.80. The lowest BCUT2D eigenvalue weighted by Crippen LogP contribution is -2.10. The van der Waals surface area contributed by atoms with Gasteiger partial charge in [0.15, 0.2) is 0 Å². The quantitative estimate of drug-likeness (QED) is 0.614. The van der Waals surface area contributed by atoms with Gasteiger partial charge < -0.3 is 0 Å². The molecule has 0 radical (unpaired) electrons. The summed E-state index contributed by atoms with van der Waals surface area (Å²) in [6.07, 6.45) is -9.36. The summed E-state index contributed by atoms with van der Waals surface area (Å²) < 4.78 is 76.0. The molecule has 1 aromatic carbocycles. The lowest BCUT2D eigenvalue weighted by molar-refractivity contribution is -0.141. The molecule has 7 heteroatoms. The lowest BCUT2D eigenvalue weighted by Gasteiger charge is -2.15. The van der Waals surface area contributed by atoms with E-state index in [1.54, 1.807) is 0 Å². The fraction of sp³-hybridized carbons (Fsp3) is 0.167. The van der Waals surface area contributed by atoms with Crippen molar-refractivity contribution in [2.75, 3.05) is 0 Å². The standard InChI is InChI=1S/C12H6F6S/c13-11(14,15)8-1-2-10(12(16,17)18)9(5-8)7-3-4-19-6-7/h1-6H. The molecule has 102 valence electrons. The van der Waals surface area contributed by atoms with E-state index in [0.29, 0.717) is 18.2 Å². The van der Waals surface area contributed by atoms with Gasteiger partial charge in [0.1, 0.15) is 0 Å². The Morgan fingerprint density at radius 1 is 0.842 bits per heavy atom. The largest absolute Gasteiger partial charge is 0.417 e. The molecule has 0 fully saturated rings. The zero-order valence-electron chi connectivity index (χ0n) is 9.14. The highest BCUT2D eigenvalue weighted by Crippen LogP contribution is 2.41. The van der Waals surface area contributed by atoms with Crippen LogP contribution in [0.5, 0.6) is 0 Å². The number of benzene rings is 1. The third-order valence-corrected chi connectivity index (χ3v) is 3.17. The SMILES string of the molecule is FC(F)(F)c1ccc(C(F)(F)F)c(-c2ccsc2)c1. The van der Waals surface area contributed by atoms with Crippen LogP contribution in [0.1, 0.15) is 11.1 Å². The zero-order chi connectivity index (χ0) is 14.3. The van der Waals surface area contributed by atoms with Crippen LogP contribution in [0.25, 0.3) is 11.1 Å². The Labute approximate surface area is 108 Å². The smallest absolute Gasteiger partial charge is 0.166 e. The maximum absolute atomic E-state index is 12.8. The van der Waals surface area contributed by atoms with Gasteiger partial charge in [0.2, 0.25) is 0 Å². The van der Waals surface area contributed by atoms with Crippen LogP contribution in [0.4, 0.5) is 26.3 Å². The van der Waals surface area contributed by atoms with Gasteiger partial charge in [0, 0.05) is 0 Å². The van der Waals surface area contributed by atoms with Gasteiger partial charge in [-0.05, 0) is 46.2 Å². The fourth-order valence-electron chi connectivity index (χ4n) is 1.62. The first kappa shape index (κ1) is 13.9. The summed E-state index contributed by atoms with van der Waals surface area (Å²) in [6.45, 7) is 0. The van der Waals surface area contributed by atoms with Crippen molar-refractivity contribution >= 4 is 11.3 Å². The number of rotatable bonds is 1. The summed E-state index contributed by atoms with van der Waals surface area (Å²) in [5, 5.41) is 2.89. The first-order chi connectivity index (χ1) is 8.69. The maximum atomic E-state index is 12.8. The molecule has 0 nitrogen and oxygen atoms in total. The van der Waals surface area contributed by atoms with E-state index < -0.39 is 29.0 Å². The molecule has 0 aliphatic carbocycles. The van der Waals surface area contributed by atoms with E-state index >= 15 is 0 Å². The Morgan fingerprint density at radius 3 is 2.00 bits per heavy atom. The Hall–Kier alpha value is -1.50. The van der Waals surface area contributed by atoms with Crippen LogP contribution in [0.2, 0.25) is 0 Å². The van der Waals surface area contributed by atoms with Crippen molar-refractivity contribution in [3.63, 3.8) is 0 Å². The van der Waals surface area contributed by atoms with Crippen LogP contribution < -0.4 is 0 Å². The third-order valence-electron chi connectivity index (χ3n) is 2.48. The average Bonchev–Trinajstić information content (AvgIpc) is 2.79. The van der Waals surface area contributed by atoms with Gasteiger partial charge in [-0.3, -0.25) is 0 Å². The van der Waals surface area contributed by atoms with Crippen LogP contribution in [-0.2, 0) is 12.4 Å². The summed E-state index contributed by atoms with van der Waals surface area (Å²) in [5.41, 5.74) is -2.49. The number of halogens is 6. The molecule has 0 atom stereocenters. The molecule has 0 N–H and O–H groups in total. The average molecular weight is 296 g/mol. The van der Waals surface area contributed by atoms with E-state index in [2.05, 4.69) is 0 Å². The summed E-state index contributed by atoms with van der Waals surface area (Å²) in [7, 11) is 0. The predicted molar refractivity (Wildman–Crippen MR) is 59.8 cm³/mol. The second-order valence-corrected chi connectivity index (χ2v) is 4.55. The third kappa shape index (κ3) is 2.91. The van der Waals surface area contributed by atoms with E-state index in [4.69, 9.17) is 0 Å². The van der Waals surface area contributed by atoms with Gasteiger partial charge >= 0.3 is 12.4 Å². The predicted octanol–water partition coefficient (Wildman–Crippen LogP) is 5.45. The van der Waals surface area contributed by atoms with Crippen molar-refractivity contribution in [1.29, 1.82) is 0 Å². The van der Waals surface area contributed by atoms with Crippen molar-refractivity contribution < 1.29 is 26.3 Å². The zero-order valence-corrected chi connectivity index (χ0v) is 9.96. The molecule has 0 saturated heterocycles. The highest BCUT2D eigenvalue weighted by molar-refractivity contribution is 7.08. The van der Waals surface area contributed by atoms with Crippen LogP contribution in [0.15, 0.2) is 35.0 Å². The minimum Gasteiger partial charge on any atom is -0.166 e. The molecule has 2 rings (SSSR count). The fourth-order valence-corrected chi connectivity index (χ4v) is 2.28. The molecule has 0 unspecified atom stereocenters. The first-order valence-corrected chi connectivity index (χ1v) is 5.95. The molecular formula is C12H6F6S. The van der Waals surface area contributed by atoms with Gasteiger partial charge in [-0.2, -0.15) is 37.7 Å². The van der Waals surface area contributed by atoms with Crippen LogP contribution in [0, 0.1) is 0 Å². The van der Waals surface area contributed by atoms with E-state index in [-0.39, 0.29) is 5.56 Å². The Kier molecular flexibility index (Phi) is 3.34. The van der Waals surface area contributed by atoms with Crippen molar-refractivity contribution in [2.45, 2.75) is 12.4 Å². The molecule has 0 aliphatic rings. The summed E-state index contributed by atoms with van der Waals surface area (Å²) >= 11 is 1.12. The molecule has 19 heavy (non-hydrogen) atoms. The summed E-state index contributed by atoms with van der Waals surface area (Å²) in [5.74, 6) is 0. The Balaban J connectivity index is 2.65. The van der Waals surface area contributed by atoms with Gasteiger partial charge in [0.25, 0.3) is 0 Å². The van der Waals surface area contributed by atoms with Crippen molar-refractivity contribution in [3.8, 4) is 11.1 Å². The Bertz CT molecular complexity index is 565. The molecule has 1 aromatic heterocycles. The lowest BCUT2D eigenvalue weighted by atomic mass is 9.98. The molecular weight excluding hydrogens is 290 g/mol. The molecule has 0 bridgehead atoms. The molecule has 0 saturated carbocycles. The van der Waals surface area contributed by atoms with Gasteiger partial charge in [-0.25, -0.2) is 0 Å². The monoisotopic (exact) mass is 296 g/mol. The van der Waals surface area contributed by atoms with Gasteiger partial charge in [-0.15, -0.1) is 0 Å². The van der Waals surface area contributed by atoms with Crippen molar-refractivity contribution in [2.24, 2.45) is 0 Å². The van der Waals surface area contributed by atoms with E-state index in [1.165, 1.54) is 16.8 Å². The number of thiophene rings is 1. The molecule has 0 aliphatic heterocycles. The molecule has 0 amide bonds. The maximum Gasteiger partial charge on any atom is 0.417 e. The molecule has 0 spiro atoms. The minimum atomic E-state index is -4.69. The van der Waals surface area contributed by atoms with Crippen LogP contribution in [0.3, 0.4) is 0 Å². The van der Waals surface area contributed by atoms with Crippen molar-refractivity contribution in [3.05, 3.63) is 46.2 Å². The highest BCUT2D eigenvalue weighted by Gasteiger charge is 2.37. The van der Waals surface area contributed by atoms with E-state index in [9.17, 15) is 26.3 Å². The minimum absolute atomic E-state index is 0.128. The Morgan fingerprint density at radius 2 is 1.53 bits per heavy atom. The normalized spacial score (nSPS) is 12.7. The number of hydrogen-bond acceptors (Lipinski definition) is 1. The van der Waals surface area contributed by atoms with E-state index in [0.717, 1.165) is 11.3 Å². The van der Waals surface area contributed by atoms with Crippen LogP contribution >= 0.6 is 11.3 Å². The second-order valence-electron chi connectivity index (χ2n) is 3.77. The van der Waals surface area contributed by atoms with Crippen molar-refractivity contribution in [1.82, 2.24) is 0 Å². The number of hydrogen-bond donors (Lipinski definition) is 0. The highest BCUT2D eigenvalue weighted by atomic mass is 32.1. The summed E-state index contributed by atoms with van der Waals surface area (Å²) in [4.78, 5) is 0. The van der Waals surface area contributed by atoms with E-state index in [1.807, 2.05) is 0 Å². The van der Waals surface area contributed by atoms with Crippen LogP contribution in [-0.4, -0.2) is 0 Å². The first-order valence-electron chi connectivity index (χ1n) is 5.00. The van der Waals surface area contributed by atoms with Gasteiger partial charge in [0.05, 0.1) is 11.1 Å². The molecule has 1 heterocycles.